The second kappa shape index (κ2) is 8.23. The van der Waals surface area contributed by atoms with E-state index in [1.54, 1.807) is 0 Å². The third-order valence-electron chi connectivity index (χ3n) is 7.25. The lowest BCUT2D eigenvalue weighted by atomic mass is 9.76. The van der Waals surface area contributed by atoms with Gasteiger partial charge in [0.25, 0.3) is 0 Å². The van der Waals surface area contributed by atoms with Crippen molar-refractivity contribution < 1.29 is 14.3 Å². The number of ether oxygens (including phenoxy) is 1. The minimum Gasteiger partial charge on any atom is -0.448 e. The number of ketones is 1. The van der Waals surface area contributed by atoms with Gasteiger partial charge < -0.3 is 9.64 Å². The van der Waals surface area contributed by atoms with Crippen LogP contribution in [0.1, 0.15) is 55.6 Å². The largest absolute Gasteiger partial charge is 0.448 e. The highest BCUT2D eigenvalue weighted by atomic mass is 16.6. The fourth-order valence-electron chi connectivity index (χ4n) is 5.86. The Kier molecular flexibility index (Phi) is 5.28. The van der Waals surface area contributed by atoms with Crippen LogP contribution in [0.4, 0.5) is 4.79 Å². The van der Waals surface area contributed by atoms with E-state index in [0.29, 0.717) is 19.4 Å². The third kappa shape index (κ3) is 3.53. The van der Waals surface area contributed by atoms with Crippen LogP contribution in [-0.2, 0) is 9.53 Å². The van der Waals surface area contributed by atoms with Crippen molar-refractivity contribution in [3.8, 4) is 23.5 Å². The summed E-state index contributed by atoms with van der Waals surface area (Å²) >= 11 is 0. The molecule has 2 aromatic carbocycles. The average molecular weight is 414 g/mol. The molecular weight excluding hydrogens is 386 g/mol. The number of benzene rings is 2. The first kappa shape index (κ1) is 19.9. The van der Waals surface area contributed by atoms with Gasteiger partial charge in [0.1, 0.15) is 12.4 Å². The number of carbonyl (C=O) groups is 2. The van der Waals surface area contributed by atoms with Gasteiger partial charge in [0.15, 0.2) is 0 Å². The lowest BCUT2D eigenvalue weighted by molar-refractivity contribution is -0.125. The molecule has 1 aliphatic carbocycles. The van der Waals surface area contributed by atoms with E-state index in [1.165, 1.54) is 22.3 Å². The van der Waals surface area contributed by atoms with Gasteiger partial charge in [-0.25, -0.2) is 4.79 Å². The maximum atomic E-state index is 13.2. The van der Waals surface area contributed by atoms with Crippen molar-refractivity contribution in [3.05, 3.63) is 59.7 Å². The zero-order valence-corrected chi connectivity index (χ0v) is 17.6. The normalized spacial score (nSPS) is 24.1. The van der Waals surface area contributed by atoms with Gasteiger partial charge in [-0.05, 0) is 54.4 Å². The van der Waals surface area contributed by atoms with Crippen molar-refractivity contribution in [2.24, 2.45) is 5.92 Å². The fraction of sp³-hybridized carbons (Fsp3) is 0.407. The summed E-state index contributed by atoms with van der Waals surface area (Å²) in [6, 6.07) is 16.9. The molecule has 0 N–H and O–H groups in total. The van der Waals surface area contributed by atoms with Crippen molar-refractivity contribution in [1.29, 1.82) is 0 Å². The van der Waals surface area contributed by atoms with E-state index in [1.807, 2.05) is 17.0 Å². The SMILES string of the molecule is C#CCC(=O)C1CC2CCCC(C1)N2C(=O)OCC1c2ccccc2-c2ccccc21. The molecule has 2 heterocycles. The van der Waals surface area contributed by atoms with Gasteiger partial charge in [0, 0.05) is 23.9 Å². The van der Waals surface area contributed by atoms with Crippen LogP contribution < -0.4 is 0 Å². The summed E-state index contributed by atoms with van der Waals surface area (Å²) in [6.45, 7) is 0.336. The number of amides is 1. The van der Waals surface area contributed by atoms with E-state index >= 15 is 0 Å². The molecule has 0 spiro atoms. The predicted octanol–water partition coefficient (Wildman–Crippen LogP) is 5.16. The monoisotopic (exact) mass is 413 g/mol. The summed E-state index contributed by atoms with van der Waals surface area (Å²) in [5, 5.41) is 0. The zero-order valence-electron chi connectivity index (χ0n) is 17.6. The molecule has 0 aromatic heterocycles. The van der Waals surface area contributed by atoms with Gasteiger partial charge in [0.05, 0.1) is 6.42 Å². The molecule has 0 saturated carbocycles. The second-order valence-electron chi connectivity index (χ2n) is 8.97. The van der Waals surface area contributed by atoms with E-state index in [9.17, 15) is 9.59 Å². The van der Waals surface area contributed by atoms with Crippen LogP contribution in [0.3, 0.4) is 0 Å². The van der Waals surface area contributed by atoms with Crippen LogP contribution in [0.15, 0.2) is 48.5 Å². The second-order valence-corrected chi connectivity index (χ2v) is 8.97. The molecule has 4 heteroatoms. The van der Waals surface area contributed by atoms with Crippen molar-refractivity contribution in [2.45, 2.75) is 56.5 Å². The predicted molar refractivity (Wildman–Crippen MR) is 120 cm³/mol. The van der Waals surface area contributed by atoms with Gasteiger partial charge in [-0.3, -0.25) is 4.79 Å². The number of carbonyl (C=O) groups excluding carboxylic acids is 2. The molecule has 1 amide bonds. The minimum atomic E-state index is -0.237. The summed E-state index contributed by atoms with van der Waals surface area (Å²) < 4.78 is 5.93. The number of hydrogen-bond donors (Lipinski definition) is 0. The zero-order chi connectivity index (χ0) is 21.4. The van der Waals surface area contributed by atoms with Gasteiger partial charge in [-0.2, -0.15) is 0 Å². The van der Waals surface area contributed by atoms with Crippen molar-refractivity contribution in [3.63, 3.8) is 0 Å². The molecule has 2 fully saturated rings. The van der Waals surface area contributed by atoms with E-state index in [2.05, 4.69) is 42.3 Å². The maximum absolute atomic E-state index is 13.2. The highest BCUT2D eigenvalue weighted by molar-refractivity contribution is 5.84. The summed E-state index contributed by atoms with van der Waals surface area (Å²) in [4.78, 5) is 27.5. The van der Waals surface area contributed by atoms with Crippen LogP contribution in [0.5, 0.6) is 0 Å². The van der Waals surface area contributed by atoms with Gasteiger partial charge >= 0.3 is 6.09 Å². The third-order valence-corrected chi connectivity index (χ3v) is 7.25. The lowest BCUT2D eigenvalue weighted by Crippen LogP contribution is -2.55. The van der Waals surface area contributed by atoms with Crippen LogP contribution in [-0.4, -0.2) is 35.5 Å². The molecule has 2 aliphatic heterocycles. The Bertz CT molecular complexity index is 993. The van der Waals surface area contributed by atoms with E-state index in [4.69, 9.17) is 11.2 Å². The smallest absolute Gasteiger partial charge is 0.410 e. The first-order valence-corrected chi connectivity index (χ1v) is 11.3. The number of hydrogen-bond acceptors (Lipinski definition) is 3. The van der Waals surface area contributed by atoms with E-state index < -0.39 is 0 Å². The molecule has 2 unspecified atom stereocenters. The summed E-state index contributed by atoms with van der Waals surface area (Å²) in [5.41, 5.74) is 4.89. The van der Waals surface area contributed by atoms with Crippen molar-refractivity contribution in [1.82, 2.24) is 4.90 Å². The molecule has 0 radical (unpaired) electrons. The molecule has 2 aromatic rings. The summed E-state index contributed by atoms with van der Waals surface area (Å²) in [7, 11) is 0. The number of piperidine rings is 2. The van der Waals surface area contributed by atoms with Crippen molar-refractivity contribution >= 4 is 11.9 Å². The van der Waals surface area contributed by atoms with Crippen molar-refractivity contribution in [2.75, 3.05) is 6.61 Å². The Labute approximate surface area is 183 Å². The number of Topliss-reactive ketones (excluding diaryl/α,β-unsaturated/α-hetero) is 1. The number of rotatable bonds is 4. The Hall–Kier alpha value is -3.06. The van der Waals surface area contributed by atoms with Crippen LogP contribution in [0.25, 0.3) is 11.1 Å². The van der Waals surface area contributed by atoms with Crippen LogP contribution in [0.2, 0.25) is 0 Å². The number of terminal acetylenes is 1. The maximum Gasteiger partial charge on any atom is 0.410 e. The molecule has 158 valence electrons. The highest BCUT2D eigenvalue weighted by Crippen LogP contribution is 2.45. The number of nitrogens with zero attached hydrogens (tertiary/aromatic N) is 1. The number of fused-ring (bicyclic) bond motifs is 5. The van der Waals surface area contributed by atoms with E-state index in [0.717, 1.165) is 19.3 Å². The average Bonchev–Trinajstić information content (AvgIpc) is 3.10. The molecule has 2 bridgehead atoms. The van der Waals surface area contributed by atoms with Gasteiger partial charge in [0.2, 0.25) is 0 Å². The lowest BCUT2D eigenvalue weighted by Gasteiger charge is -2.47. The summed E-state index contributed by atoms with van der Waals surface area (Å²) in [5.74, 6) is 2.66. The topological polar surface area (TPSA) is 46.6 Å². The summed E-state index contributed by atoms with van der Waals surface area (Å²) in [6.07, 6.45) is 9.67. The Morgan fingerprint density at radius 3 is 2.13 bits per heavy atom. The molecular formula is C27H27NO3. The molecule has 2 atom stereocenters. The molecule has 2 saturated heterocycles. The van der Waals surface area contributed by atoms with Crippen LogP contribution >= 0.6 is 0 Å². The molecule has 4 nitrogen and oxygen atoms in total. The van der Waals surface area contributed by atoms with Crippen LogP contribution in [0, 0.1) is 18.3 Å². The molecule has 31 heavy (non-hydrogen) atoms. The highest BCUT2D eigenvalue weighted by Gasteiger charge is 2.43. The van der Waals surface area contributed by atoms with Gasteiger partial charge in [-0.15, -0.1) is 6.42 Å². The first-order chi connectivity index (χ1) is 15.2. The standard InChI is InChI=1S/C27H27NO3/c1-2-8-26(29)18-15-19-9-7-10-20(16-18)28(19)27(30)31-17-25-23-13-5-3-11-21(23)22-12-4-6-14-24(22)25/h1,3-6,11-14,18-20,25H,7-10,15-17H2. The Balaban J connectivity index is 1.30. The quantitative estimate of drug-likeness (QED) is 0.651. The minimum absolute atomic E-state index is 0.0241. The molecule has 3 aliphatic rings. The molecule has 5 rings (SSSR count). The van der Waals surface area contributed by atoms with E-state index in [-0.39, 0.29) is 42.2 Å². The first-order valence-electron chi connectivity index (χ1n) is 11.3. The fourth-order valence-corrected chi connectivity index (χ4v) is 5.86. The Morgan fingerprint density at radius 1 is 0.968 bits per heavy atom. The Morgan fingerprint density at radius 2 is 1.55 bits per heavy atom. The van der Waals surface area contributed by atoms with Gasteiger partial charge in [-0.1, -0.05) is 54.5 Å².